The Labute approximate surface area is 632 Å². The highest BCUT2D eigenvalue weighted by Gasteiger charge is 2.37. The van der Waals surface area contributed by atoms with E-state index in [-0.39, 0.29) is 10.8 Å². The van der Waals surface area contributed by atoms with Gasteiger partial charge in [0.1, 0.15) is 0 Å². The zero-order valence-corrected chi connectivity index (χ0v) is 61.6. The van der Waals surface area contributed by atoms with Gasteiger partial charge in [-0.3, -0.25) is 0 Å². The van der Waals surface area contributed by atoms with Crippen LogP contribution in [0.5, 0.6) is 0 Å². The lowest BCUT2D eigenvalue weighted by atomic mass is 9.81. The van der Waals surface area contributed by atoms with Crippen LogP contribution in [0.25, 0.3) is 144 Å². The largest absolute Gasteiger partial charge is 0.345 e. The van der Waals surface area contributed by atoms with Gasteiger partial charge in [0.15, 0.2) is 0 Å². The Hall–Kier alpha value is -13.3. The molecule has 16 aromatic carbocycles. The molecule has 0 radical (unpaired) electrons. The van der Waals surface area contributed by atoms with Crippen LogP contribution in [-0.2, 0) is 10.8 Å². The smallest absolute Gasteiger partial charge is 0.0541 e. The van der Waals surface area contributed by atoms with E-state index in [0.717, 1.165) is 28.4 Å². The molecule has 516 valence electrons. The molecule has 4 nitrogen and oxygen atoms in total. The van der Waals surface area contributed by atoms with E-state index >= 15 is 0 Å². The first-order chi connectivity index (χ1) is 52.9. The quantitative estimate of drug-likeness (QED) is 0.121. The summed E-state index contributed by atoms with van der Waals surface area (Å²) in [4.78, 5) is 4.46. The fourth-order valence-corrected chi connectivity index (χ4v) is 17.5. The first-order valence-electron chi connectivity index (χ1n) is 37.7. The molecule has 2 heterocycles. The number of fused-ring (bicyclic) bond motifs is 12. The van der Waals surface area contributed by atoms with E-state index in [1.54, 1.807) is 0 Å². The molecule has 20 rings (SSSR count). The minimum Gasteiger partial charge on any atom is -0.345 e. The highest BCUT2D eigenvalue weighted by Crippen LogP contribution is 2.52. The lowest BCUT2D eigenvalue weighted by Crippen LogP contribution is -2.14. The van der Waals surface area contributed by atoms with Crippen LogP contribution < -0.4 is 9.80 Å². The molecule has 2 aliphatic rings. The van der Waals surface area contributed by atoms with Crippen LogP contribution in [-0.4, -0.2) is 23.2 Å². The molecule has 0 saturated heterocycles. The first-order valence-corrected chi connectivity index (χ1v) is 37.7. The third kappa shape index (κ3) is 11.1. The maximum Gasteiger partial charge on any atom is 0.0541 e. The van der Waals surface area contributed by atoms with Gasteiger partial charge in [-0.15, -0.1) is 0 Å². The van der Waals surface area contributed by atoms with Crippen molar-refractivity contribution >= 4 is 66.4 Å². The molecule has 0 amide bonds. The SMILES string of the molecule is CN(c1ccccc1)c1ccc(-n2c3ccc(-c4ccc5c(c4)C(C)(C)c4ccccc4-5)cc3c3cc(-c4ccc5c(c4)C(C)(C)c4ccccc4-5)ccc32)cc1.CN(c1ccccc1)c1ccc(-n2c3ccc(-c4ccccc4-c4ccccc4)cc3c3cc(-c4ccccc4-c4ccccc4)ccc32)cc1. The molecule has 0 unspecified atom stereocenters. The molecule has 0 saturated carbocycles. The van der Waals surface area contributed by atoms with Gasteiger partial charge in [0, 0.05) is 80.6 Å². The molecule has 18 aromatic rings. The number of anilines is 4. The van der Waals surface area contributed by atoms with Crippen molar-refractivity contribution in [3.8, 4) is 100 Å². The number of hydrogen-bond acceptors (Lipinski definition) is 2. The molecule has 4 heteroatoms. The zero-order valence-electron chi connectivity index (χ0n) is 61.6. The van der Waals surface area contributed by atoms with E-state index in [4.69, 9.17) is 0 Å². The van der Waals surface area contributed by atoms with Gasteiger partial charge in [-0.2, -0.15) is 0 Å². The summed E-state index contributed by atoms with van der Waals surface area (Å²) in [6, 6.07) is 138. The number of nitrogens with zero attached hydrogens (tertiary/aromatic N) is 4. The highest BCUT2D eigenvalue weighted by atomic mass is 15.1. The van der Waals surface area contributed by atoms with Gasteiger partial charge in [-0.25, -0.2) is 0 Å². The third-order valence-corrected chi connectivity index (χ3v) is 23.3. The Morgan fingerprint density at radius 3 is 0.796 bits per heavy atom. The van der Waals surface area contributed by atoms with Crippen LogP contribution in [0.3, 0.4) is 0 Å². The fraction of sp³-hybridized carbons (Fsp3) is 0.0769. The average molecular weight is 1390 g/mol. The standard InChI is InChI=1S/C55H44N2.C49H36N2/c1-54(2)48-17-11-9-15-42(48)44-27-19-37(33-50(44)54)35-21-29-52-46(31-35)47-32-36(38-20-28-45-43-16-10-12-18-49(43)55(3,4)51(45)34-38)22-30-53(47)57(52)41-25-23-40(24-26-41)56(5)39-13-7-6-8-14-39;1-50(39-19-9-4-10-20-39)40-27-29-41(30-28-40)51-48-31-25-37(44-23-13-11-21-42(44)35-15-5-2-6-16-35)33-46(48)47-34-38(26-32-49(47)51)45-24-14-12-22-43(45)36-17-7-3-8-18-36/h6-34H,1-5H3;2-34H,1H3. The van der Waals surface area contributed by atoms with Gasteiger partial charge >= 0.3 is 0 Å². The Bertz CT molecular complexity index is 6180. The lowest BCUT2D eigenvalue weighted by Gasteiger charge is -2.22. The molecular formula is C104H80N4. The summed E-state index contributed by atoms with van der Waals surface area (Å²) in [5, 5.41) is 4.98. The lowest BCUT2D eigenvalue weighted by molar-refractivity contribution is 0.660. The predicted molar refractivity (Wildman–Crippen MR) is 458 cm³/mol. The number of benzene rings is 16. The average Bonchev–Trinajstić information content (AvgIpc) is 1.61. The van der Waals surface area contributed by atoms with Crippen molar-refractivity contribution < 1.29 is 0 Å². The molecule has 0 spiro atoms. The van der Waals surface area contributed by atoms with Gasteiger partial charge in [0.05, 0.1) is 22.1 Å². The molecule has 108 heavy (non-hydrogen) atoms. The monoisotopic (exact) mass is 1380 g/mol. The van der Waals surface area contributed by atoms with E-state index in [1.165, 1.54) is 161 Å². The topological polar surface area (TPSA) is 16.3 Å². The summed E-state index contributed by atoms with van der Waals surface area (Å²) in [6.45, 7) is 9.45. The Balaban J connectivity index is 0.000000148. The van der Waals surface area contributed by atoms with Crippen LogP contribution >= 0.6 is 0 Å². The second kappa shape index (κ2) is 26.4. The number of rotatable bonds is 12. The Kier molecular flexibility index (Phi) is 16.0. The maximum atomic E-state index is 2.44. The Morgan fingerprint density at radius 2 is 0.444 bits per heavy atom. The highest BCUT2D eigenvalue weighted by molar-refractivity contribution is 6.14. The Morgan fingerprint density at radius 1 is 0.194 bits per heavy atom. The molecule has 0 atom stereocenters. The second-order valence-electron chi connectivity index (χ2n) is 30.1. The van der Waals surface area contributed by atoms with Gasteiger partial charge in [-0.1, -0.05) is 270 Å². The molecule has 2 aromatic heterocycles. The number of para-hydroxylation sites is 2. The minimum atomic E-state index is -0.0521. The van der Waals surface area contributed by atoms with Crippen molar-refractivity contribution in [3.05, 3.63) is 398 Å². The van der Waals surface area contributed by atoms with E-state index in [0.29, 0.717) is 0 Å². The van der Waals surface area contributed by atoms with Gasteiger partial charge in [-0.05, 0) is 245 Å². The van der Waals surface area contributed by atoms with Crippen LogP contribution in [0.15, 0.2) is 376 Å². The predicted octanol–water partition coefficient (Wildman–Crippen LogP) is 27.7. The van der Waals surface area contributed by atoms with Gasteiger partial charge < -0.3 is 18.9 Å². The van der Waals surface area contributed by atoms with Crippen LogP contribution in [0.2, 0.25) is 0 Å². The van der Waals surface area contributed by atoms with Crippen molar-refractivity contribution in [1.29, 1.82) is 0 Å². The zero-order chi connectivity index (χ0) is 72.8. The van der Waals surface area contributed by atoms with Crippen molar-refractivity contribution in [1.82, 2.24) is 9.13 Å². The van der Waals surface area contributed by atoms with E-state index < -0.39 is 0 Å². The van der Waals surface area contributed by atoms with Crippen molar-refractivity contribution in [2.24, 2.45) is 0 Å². The summed E-state index contributed by atoms with van der Waals surface area (Å²) in [5.41, 5.74) is 37.3. The van der Waals surface area contributed by atoms with E-state index in [2.05, 4.69) is 437 Å². The number of hydrogen-bond donors (Lipinski definition) is 0. The summed E-state index contributed by atoms with van der Waals surface area (Å²) in [6.07, 6.45) is 0. The second-order valence-corrected chi connectivity index (χ2v) is 30.1. The van der Waals surface area contributed by atoms with Gasteiger partial charge in [0.25, 0.3) is 0 Å². The van der Waals surface area contributed by atoms with E-state index in [9.17, 15) is 0 Å². The molecule has 2 aliphatic carbocycles. The minimum absolute atomic E-state index is 0.0521. The van der Waals surface area contributed by atoms with E-state index in [1.807, 2.05) is 0 Å². The third-order valence-electron chi connectivity index (χ3n) is 23.3. The van der Waals surface area contributed by atoms with Crippen LogP contribution in [0.4, 0.5) is 22.7 Å². The molecule has 0 fully saturated rings. The molecule has 0 aliphatic heterocycles. The molecular weight excluding hydrogens is 1310 g/mol. The summed E-state index contributed by atoms with van der Waals surface area (Å²) >= 11 is 0. The van der Waals surface area contributed by atoms with Crippen LogP contribution in [0, 0.1) is 0 Å². The summed E-state index contributed by atoms with van der Waals surface area (Å²) in [5.74, 6) is 0. The van der Waals surface area contributed by atoms with Crippen molar-refractivity contribution in [3.63, 3.8) is 0 Å². The molecule has 0 N–H and O–H groups in total. The number of aromatic nitrogens is 2. The van der Waals surface area contributed by atoms with Crippen LogP contribution in [0.1, 0.15) is 49.9 Å². The fourth-order valence-electron chi connectivity index (χ4n) is 17.5. The normalized spacial score (nSPS) is 12.9. The molecule has 0 bridgehead atoms. The summed E-state index contributed by atoms with van der Waals surface area (Å²) in [7, 11) is 4.25. The van der Waals surface area contributed by atoms with Gasteiger partial charge in [0.2, 0.25) is 0 Å². The van der Waals surface area contributed by atoms with Crippen molar-refractivity contribution in [2.75, 3.05) is 23.9 Å². The van der Waals surface area contributed by atoms with Crippen molar-refractivity contribution in [2.45, 2.75) is 38.5 Å². The maximum absolute atomic E-state index is 2.44. The first kappa shape index (κ1) is 65.5. The summed E-state index contributed by atoms with van der Waals surface area (Å²) < 4.78 is 4.85.